The van der Waals surface area contributed by atoms with Crippen LogP contribution in [0.15, 0.2) is 58.3 Å². The maximum Gasteiger partial charge on any atom is 0.293 e. The summed E-state index contributed by atoms with van der Waals surface area (Å²) in [7, 11) is -3.93. The molecule has 1 N–H and O–H groups in total. The zero-order valence-corrected chi connectivity index (χ0v) is 20.7. The van der Waals surface area contributed by atoms with Crippen LogP contribution in [-0.2, 0) is 14.8 Å². The molecule has 0 atom stereocenters. The predicted molar refractivity (Wildman–Crippen MR) is 134 cm³/mol. The van der Waals surface area contributed by atoms with Gasteiger partial charge in [0, 0.05) is 24.4 Å². The Morgan fingerprint density at radius 3 is 2.29 bits per heavy atom. The van der Waals surface area contributed by atoms with Gasteiger partial charge in [0.25, 0.3) is 26.9 Å². The third-order valence-corrected chi connectivity index (χ3v) is 8.60. The van der Waals surface area contributed by atoms with Crippen LogP contribution >= 0.6 is 11.8 Å². The SMILES string of the molecule is CC1(CN2C(=O)S/C(=C/c3ccc(NS(=O)(=O)c4ccc([N+](=O)[O-])cc4)cc3)C2=O)CCCCC1. The number of thioether (sulfide) groups is 1. The van der Waals surface area contributed by atoms with E-state index in [2.05, 4.69) is 11.6 Å². The van der Waals surface area contributed by atoms with Crippen LogP contribution in [0.1, 0.15) is 44.6 Å². The molecule has 1 saturated carbocycles. The molecule has 1 saturated heterocycles. The van der Waals surface area contributed by atoms with Crippen molar-refractivity contribution in [2.75, 3.05) is 11.3 Å². The zero-order chi connectivity index (χ0) is 25.2. The standard InChI is InChI=1S/C24H25N3O6S2/c1-24(13-3-2-4-14-24)16-26-22(28)21(34-23(26)29)15-17-5-7-18(8-6-17)25-35(32,33)20-11-9-19(10-12-20)27(30)31/h5-12,15,25H,2-4,13-14,16H2,1H3/b21-15+. The Kier molecular flexibility index (Phi) is 7.00. The highest BCUT2D eigenvalue weighted by atomic mass is 32.2. The van der Waals surface area contributed by atoms with Gasteiger partial charge in [-0.15, -0.1) is 0 Å². The minimum Gasteiger partial charge on any atom is -0.280 e. The number of nitro benzene ring substituents is 1. The summed E-state index contributed by atoms with van der Waals surface area (Å²) < 4.78 is 27.6. The number of amides is 2. The Bertz CT molecular complexity index is 1280. The van der Waals surface area contributed by atoms with Crippen molar-refractivity contribution in [1.82, 2.24) is 4.90 Å². The number of carbonyl (C=O) groups is 2. The molecule has 2 amide bonds. The molecule has 2 aliphatic rings. The van der Waals surface area contributed by atoms with E-state index in [-0.39, 0.29) is 27.1 Å². The van der Waals surface area contributed by atoms with E-state index in [0.29, 0.717) is 22.7 Å². The third-order valence-electron chi connectivity index (χ3n) is 6.29. The molecule has 35 heavy (non-hydrogen) atoms. The van der Waals surface area contributed by atoms with Crippen LogP contribution in [-0.4, -0.2) is 35.9 Å². The van der Waals surface area contributed by atoms with Crippen molar-refractivity contribution in [2.24, 2.45) is 5.41 Å². The van der Waals surface area contributed by atoms with Crippen LogP contribution in [0.25, 0.3) is 6.08 Å². The maximum absolute atomic E-state index is 12.9. The topological polar surface area (TPSA) is 127 Å². The smallest absolute Gasteiger partial charge is 0.280 e. The Balaban J connectivity index is 1.44. The summed E-state index contributed by atoms with van der Waals surface area (Å²) in [5, 5.41) is 10.5. The van der Waals surface area contributed by atoms with Gasteiger partial charge in [0.15, 0.2) is 0 Å². The number of nitrogens with zero attached hydrogens (tertiary/aromatic N) is 2. The quantitative estimate of drug-likeness (QED) is 0.297. The number of imide groups is 1. The second-order valence-corrected chi connectivity index (χ2v) is 11.8. The highest BCUT2D eigenvalue weighted by Crippen LogP contribution is 2.40. The molecule has 0 bridgehead atoms. The van der Waals surface area contributed by atoms with Gasteiger partial charge in [-0.25, -0.2) is 8.42 Å². The van der Waals surface area contributed by atoms with E-state index < -0.39 is 14.9 Å². The second-order valence-electron chi connectivity index (χ2n) is 9.12. The van der Waals surface area contributed by atoms with Crippen molar-refractivity contribution in [2.45, 2.75) is 43.9 Å². The summed E-state index contributed by atoms with van der Waals surface area (Å²) in [4.78, 5) is 37.2. The van der Waals surface area contributed by atoms with Crippen molar-refractivity contribution in [3.05, 3.63) is 69.1 Å². The number of nitrogens with one attached hydrogen (secondary N) is 1. The Labute approximate surface area is 207 Å². The molecular formula is C24H25N3O6S2. The molecule has 9 nitrogen and oxygen atoms in total. The van der Waals surface area contributed by atoms with Gasteiger partial charge in [-0.2, -0.15) is 0 Å². The molecule has 0 radical (unpaired) electrons. The lowest BCUT2D eigenvalue weighted by Gasteiger charge is -2.35. The number of non-ortho nitro benzene ring substituents is 1. The average molecular weight is 516 g/mol. The molecule has 184 valence electrons. The number of carbonyl (C=O) groups excluding carboxylic acids is 2. The van der Waals surface area contributed by atoms with Crippen LogP contribution in [0.5, 0.6) is 0 Å². The van der Waals surface area contributed by atoms with Gasteiger partial charge in [0.1, 0.15) is 0 Å². The monoisotopic (exact) mass is 515 g/mol. The molecule has 2 aromatic rings. The van der Waals surface area contributed by atoms with Crippen LogP contribution in [0.2, 0.25) is 0 Å². The van der Waals surface area contributed by atoms with Crippen molar-refractivity contribution in [1.29, 1.82) is 0 Å². The molecule has 0 aromatic heterocycles. The lowest BCUT2D eigenvalue weighted by Crippen LogP contribution is -2.39. The summed E-state index contributed by atoms with van der Waals surface area (Å²) in [5.74, 6) is -0.297. The van der Waals surface area contributed by atoms with E-state index in [0.717, 1.165) is 49.6 Å². The van der Waals surface area contributed by atoms with Gasteiger partial charge in [0.2, 0.25) is 0 Å². The second kappa shape index (κ2) is 9.82. The number of rotatable bonds is 7. The predicted octanol–water partition coefficient (Wildman–Crippen LogP) is 5.40. The van der Waals surface area contributed by atoms with Crippen molar-refractivity contribution >= 4 is 50.4 Å². The number of hydrogen-bond donors (Lipinski definition) is 1. The van der Waals surface area contributed by atoms with E-state index in [9.17, 15) is 28.1 Å². The summed E-state index contributed by atoms with van der Waals surface area (Å²) in [6, 6.07) is 11.0. The third kappa shape index (κ3) is 5.73. The molecule has 11 heteroatoms. The van der Waals surface area contributed by atoms with Gasteiger partial charge in [-0.3, -0.25) is 29.3 Å². The first kappa shape index (κ1) is 24.9. The number of anilines is 1. The lowest BCUT2D eigenvalue weighted by atomic mass is 9.75. The Morgan fingerprint density at radius 1 is 1.06 bits per heavy atom. The molecule has 0 spiro atoms. The number of benzene rings is 2. The molecule has 4 rings (SSSR count). The van der Waals surface area contributed by atoms with Crippen LogP contribution < -0.4 is 4.72 Å². The molecule has 2 fully saturated rings. The first-order chi connectivity index (χ1) is 16.6. The Hall–Kier alpha value is -3.18. The lowest BCUT2D eigenvalue weighted by molar-refractivity contribution is -0.384. The number of hydrogen-bond acceptors (Lipinski definition) is 7. The molecule has 1 aliphatic carbocycles. The number of sulfonamides is 1. The molecular weight excluding hydrogens is 490 g/mol. The summed E-state index contributed by atoms with van der Waals surface area (Å²) >= 11 is 0.918. The van der Waals surface area contributed by atoms with Crippen LogP contribution in [0.4, 0.5) is 16.2 Å². The van der Waals surface area contributed by atoms with Gasteiger partial charge >= 0.3 is 0 Å². The van der Waals surface area contributed by atoms with Crippen molar-refractivity contribution < 1.29 is 22.9 Å². The molecule has 2 aromatic carbocycles. The minimum absolute atomic E-state index is 0.0396. The number of nitro groups is 1. The van der Waals surface area contributed by atoms with E-state index in [1.54, 1.807) is 30.3 Å². The van der Waals surface area contributed by atoms with E-state index in [4.69, 9.17) is 0 Å². The normalized spacial score (nSPS) is 19.2. The first-order valence-electron chi connectivity index (χ1n) is 11.2. The first-order valence-corrected chi connectivity index (χ1v) is 13.5. The van der Waals surface area contributed by atoms with Crippen molar-refractivity contribution in [3.8, 4) is 0 Å². The average Bonchev–Trinajstić information content (AvgIpc) is 3.07. The Morgan fingerprint density at radius 2 is 1.69 bits per heavy atom. The fourth-order valence-corrected chi connectivity index (χ4v) is 6.24. The maximum atomic E-state index is 12.9. The van der Waals surface area contributed by atoms with Gasteiger partial charge in [-0.1, -0.05) is 38.3 Å². The van der Waals surface area contributed by atoms with Crippen LogP contribution in [0.3, 0.4) is 0 Å². The largest absolute Gasteiger partial charge is 0.293 e. The summed E-state index contributed by atoms with van der Waals surface area (Å²) in [6.45, 7) is 2.56. The fraction of sp³-hybridized carbons (Fsp3) is 0.333. The molecule has 1 heterocycles. The molecule has 1 aliphatic heterocycles. The highest BCUT2D eigenvalue weighted by Gasteiger charge is 2.40. The van der Waals surface area contributed by atoms with E-state index in [1.807, 2.05) is 0 Å². The highest BCUT2D eigenvalue weighted by molar-refractivity contribution is 8.18. The zero-order valence-electron chi connectivity index (χ0n) is 19.1. The van der Waals surface area contributed by atoms with Crippen molar-refractivity contribution in [3.63, 3.8) is 0 Å². The van der Waals surface area contributed by atoms with E-state index >= 15 is 0 Å². The van der Waals surface area contributed by atoms with Gasteiger partial charge in [-0.05, 0) is 65.9 Å². The van der Waals surface area contributed by atoms with E-state index in [1.165, 1.54) is 23.5 Å². The fourth-order valence-electron chi connectivity index (χ4n) is 4.34. The molecule has 0 unspecified atom stereocenters. The van der Waals surface area contributed by atoms with Gasteiger partial charge < -0.3 is 0 Å². The van der Waals surface area contributed by atoms with Crippen LogP contribution in [0, 0.1) is 15.5 Å². The van der Waals surface area contributed by atoms with Gasteiger partial charge in [0.05, 0.1) is 14.7 Å². The minimum atomic E-state index is -3.93. The summed E-state index contributed by atoms with van der Waals surface area (Å²) in [6.07, 6.45) is 7.06. The summed E-state index contributed by atoms with van der Waals surface area (Å²) in [5.41, 5.74) is 0.698.